The van der Waals surface area contributed by atoms with E-state index in [1.54, 1.807) is 17.0 Å². The van der Waals surface area contributed by atoms with E-state index in [0.29, 0.717) is 6.54 Å². The molecule has 1 aromatic heterocycles. The van der Waals surface area contributed by atoms with E-state index in [2.05, 4.69) is 26.6 Å². The van der Waals surface area contributed by atoms with Crippen molar-refractivity contribution in [3.63, 3.8) is 0 Å². The van der Waals surface area contributed by atoms with Gasteiger partial charge >= 0.3 is 6.03 Å². The lowest BCUT2D eigenvalue weighted by atomic mass is 9.69. The van der Waals surface area contributed by atoms with Crippen molar-refractivity contribution in [1.82, 2.24) is 15.6 Å². The highest BCUT2D eigenvalue weighted by molar-refractivity contribution is 5.95. The smallest absolute Gasteiger partial charge is 0.323 e. The van der Waals surface area contributed by atoms with Crippen molar-refractivity contribution in [1.29, 1.82) is 0 Å². The van der Waals surface area contributed by atoms with Gasteiger partial charge in [-0.05, 0) is 75.4 Å². The molecule has 3 heterocycles. The van der Waals surface area contributed by atoms with Crippen molar-refractivity contribution < 1.29 is 9.18 Å². The maximum absolute atomic E-state index is 13.9. The van der Waals surface area contributed by atoms with Gasteiger partial charge in [0.25, 0.3) is 0 Å². The average molecular weight is 424 g/mol. The second kappa shape index (κ2) is 7.48. The third-order valence-corrected chi connectivity index (χ3v) is 7.51. The minimum absolute atomic E-state index is 0.0741. The Morgan fingerprint density at radius 1 is 1.16 bits per heavy atom. The Labute approximate surface area is 182 Å². The first kappa shape index (κ1) is 20.2. The van der Waals surface area contributed by atoms with Crippen LogP contribution in [-0.2, 0) is 5.54 Å². The quantitative estimate of drug-likeness (QED) is 0.787. The summed E-state index contributed by atoms with van der Waals surface area (Å²) < 4.78 is 13.9. The van der Waals surface area contributed by atoms with Gasteiger partial charge in [0.05, 0.1) is 24.0 Å². The van der Waals surface area contributed by atoms with Crippen LogP contribution in [0.3, 0.4) is 0 Å². The van der Waals surface area contributed by atoms with Crippen molar-refractivity contribution in [3.8, 4) is 0 Å². The molecule has 31 heavy (non-hydrogen) atoms. The van der Waals surface area contributed by atoms with Gasteiger partial charge in [-0.2, -0.15) is 0 Å². The van der Waals surface area contributed by atoms with Gasteiger partial charge in [-0.1, -0.05) is 12.1 Å². The Bertz CT molecular complexity index is 997. The van der Waals surface area contributed by atoms with Gasteiger partial charge in [0.1, 0.15) is 11.6 Å². The third kappa shape index (κ3) is 3.45. The number of urea groups is 1. The normalized spacial score (nSPS) is 28.0. The number of carbonyl (C=O) groups is 1. The first-order valence-corrected chi connectivity index (χ1v) is 11.2. The summed E-state index contributed by atoms with van der Waals surface area (Å²) >= 11 is 0. The topological polar surface area (TPSA) is 60.5 Å². The van der Waals surface area contributed by atoms with Crippen molar-refractivity contribution in [3.05, 3.63) is 53.5 Å². The monoisotopic (exact) mass is 423 g/mol. The molecule has 5 rings (SSSR count). The molecule has 1 spiro atoms. The average Bonchev–Trinajstić information content (AvgIpc) is 3.03. The number of aromatic nitrogens is 1. The number of pyridine rings is 1. The van der Waals surface area contributed by atoms with Crippen LogP contribution in [0.1, 0.15) is 43.2 Å². The van der Waals surface area contributed by atoms with Crippen molar-refractivity contribution >= 4 is 17.5 Å². The lowest BCUT2D eigenvalue weighted by molar-refractivity contribution is 0.166. The number of rotatable bonds is 4. The summed E-state index contributed by atoms with van der Waals surface area (Å²) in [5.41, 5.74) is 2.60. The molecule has 1 aliphatic carbocycles. The van der Waals surface area contributed by atoms with E-state index in [-0.39, 0.29) is 22.9 Å². The highest BCUT2D eigenvalue weighted by atomic mass is 19.1. The Morgan fingerprint density at radius 2 is 1.94 bits per heavy atom. The molecule has 2 N–H and O–H groups in total. The molecule has 3 fully saturated rings. The second-order valence-corrected chi connectivity index (χ2v) is 9.31. The summed E-state index contributed by atoms with van der Waals surface area (Å²) in [6, 6.07) is 8.93. The number of hydrogen-bond acceptors (Lipinski definition) is 4. The number of anilines is 2. The molecular formula is C24H30FN5O. The number of benzene rings is 1. The van der Waals surface area contributed by atoms with Gasteiger partial charge in [-0.15, -0.1) is 0 Å². The lowest BCUT2D eigenvalue weighted by Gasteiger charge is -2.45. The summed E-state index contributed by atoms with van der Waals surface area (Å²) in [5.74, 6) is 0.533. The predicted octanol–water partition coefficient (Wildman–Crippen LogP) is 3.70. The summed E-state index contributed by atoms with van der Waals surface area (Å²) in [5, 5.41) is 6.71. The van der Waals surface area contributed by atoms with Crippen LogP contribution in [0.4, 0.5) is 20.7 Å². The zero-order chi connectivity index (χ0) is 21.6. The zero-order valence-corrected chi connectivity index (χ0v) is 18.2. The molecular weight excluding hydrogens is 393 g/mol. The molecule has 7 heteroatoms. The zero-order valence-electron chi connectivity index (χ0n) is 18.2. The predicted molar refractivity (Wildman–Crippen MR) is 120 cm³/mol. The van der Waals surface area contributed by atoms with E-state index in [0.717, 1.165) is 61.4 Å². The molecule has 1 saturated carbocycles. The molecule has 2 saturated heterocycles. The van der Waals surface area contributed by atoms with Crippen LogP contribution in [0.2, 0.25) is 0 Å². The van der Waals surface area contributed by atoms with Gasteiger partial charge in [-0.3, -0.25) is 4.90 Å². The lowest BCUT2D eigenvalue weighted by Crippen LogP contribution is -2.53. The third-order valence-electron chi connectivity index (χ3n) is 7.51. The first-order valence-electron chi connectivity index (χ1n) is 11.2. The number of hydrogen-bond donors (Lipinski definition) is 2. The van der Waals surface area contributed by atoms with Crippen LogP contribution in [0, 0.1) is 12.7 Å². The Kier molecular flexibility index (Phi) is 4.88. The molecule has 2 aliphatic heterocycles. The molecule has 0 unspecified atom stereocenters. The summed E-state index contributed by atoms with van der Waals surface area (Å²) in [4.78, 5) is 21.7. The van der Waals surface area contributed by atoms with Gasteiger partial charge in [0, 0.05) is 18.6 Å². The van der Waals surface area contributed by atoms with Crippen molar-refractivity contribution in [2.45, 2.75) is 50.1 Å². The van der Waals surface area contributed by atoms with E-state index in [1.165, 1.54) is 12.5 Å². The summed E-state index contributed by atoms with van der Waals surface area (Å²) in [7, 11) is 1.94. The van der Waals surface area contributed by atoms with Crippen LogP contribution >= 0.6 is 0 Å². The number of nitrogens with zero attached hydrogens (tertiary/aromatic N) is 3. The van der Waals surface area contributed by atoms with E-state index >= 15 is 0 Å². The molecule has 0 radical (unpaired) electrons. The maximum Gasteiger partial charge on any atom is 0.323 e. The first-order chi connectivity index (χ1) is 14.9. The van der Waals surface area contributed by atoms with Gasteiger partial charge in [-0.25, -0.2) is 14.2 Å². The fourth-order valence-corrected chi connectivity index (χ4v) is 5.37. The van der Waals surface area contributed by atoms with Crippen molar-refractivity contribution in [2.75, 3.05) is 36.5 Å². The summed E-state index contributed by atoms with van der Waals surface area (Å²) in [6.07, 6.45) is 6.44. The van der Waals surface area contributed by atoms with Gasteiger partial charge in [0.15, 0.2) is 0 Å². The summed E-state index contributed by atoms with van der Waals surface area (Å²) in [6.45, 7) is 4.80. The number of halogens is 1. The van der Waals surface area contributed by atoms with E-state index < -0.39 is 0 Å². The minimum Gasteiger partial charge on any atom is -0.370 e. The Balaban J connectivity index is 1.33. The van der Waals surface area contributed by atoms with Crippen molar-refractivity contribution in [2.24, 2.45) is 0 Å². The SMILES string of the molecule is CNC1(c2cccc(F)c2)CCC2(CC1)CN(c1ncc(N3CCC3)cc1C)C(=O)N2. The fourth-order valence-electron chi connectivity index (χ4n) is 5.37. The number of nitrogens with one attached hydrogen (secondary N) is 2. The van der Waals surface area contributed by atoms with Crippen LogP contribution in [0.5, 0.6) is 0 Å². The second-order valence-electron chi connectivity index (χ2n) is 9.31. The fraction of sp³-hybridized carbons (Fsp3) is 0.500. The number of carbonyl (C=O) groups excluding carboxylic acids is 1. The number of amides is 2. The van der Waals surface area contributed by atoms with Gasteiger partial charge < -0.3 is 15.5 Å². The van der Waals surface area contributed by atoms with Crippen LogP contribution in [0.25, 0.3) is 0 Å². The minimum atomic E-state index is -0.269. The largest absolute Gasteiger partial charge is 0.370 e. The Morgan fingerprint density at radius 3 is 2.55 bits per heavy atom. The molecule has 0 atom stereocenters. The molecule has 6 nitrogen and oxygen atoms in total. The van der Waals surface area contributed by atoms with Crippen LogP contribution in [0.15, 0.2) is 36.5 Å². The van der Waals surface area contributed by atoms with E-state index in [9.17, 15) is 9.18 Å². The molecule has 1 aromatic carbocycles. The van der Waals surface area contributed by atoms with Crippen LogP contribution < -0.4 is 20.4 Å². The standard InChI is InChI=1S/C24H30FN5O/c1-17-13-20(29-11-4-12-29)15-27-21(17)30-16-23(28-22(30)31)7-9-24(26-2,10-8-23)18-5-3-6-19(25)14-18/h3,5-6,13-15,26H,4,7-12,16H2,1-2H3,(H,28,31). The molecule has 2 aromatic rings. The molecule has 0 bridgehead atoms. The Hall–Kier alpha value is -2.67. The molecule has 164 valence electrons. The van der Waals surface area contributed by atoms with Crippen LogP contribution in [-0.4, -0.2) is 43.2 Å². The molecule has 3 aliphatic rings. The highest BCUT2D eigenvalue weighted by Crippen LogP contribution is 2.44. The molecule has 2 amide bonds. The van der Waals surface area contributed by atoms with E-state index in [1.807, 2.05) is 26.2 Å². The van der Waals surface area contributed by atoms with Gasteiger partial charge in [0.2, 0.25) is 0 Å². The maximum atomic E-state index is 13.9. The van der Waals surface area contributed by atoms with E-state index in [4.69, 9.17) is 0 Å². The number of aryl methyl sites for hydroxylation is 1. The highest BCUT2D eigenvalue weighted by Gasteiger charge is 2.49.